The Hall–Kier alpha value is -3.34. The van der Waals surface area contributed by atoms with Gasteiger partial charge in [0, 0.05) is 30.6 Å². The van der Waals surface area contributed by atoms with Gasteiger partial charge in [0.2, 0.25) is 0 Å². The van der Waals surface area contributed by atoms with Gasteiger partial charge in [-0.2, -0.15) is 4.98 Å². The molecule has 0 saturated heterocycles. The van der Waals surface area contributed by atoms with Crippen LogP contribution in [0.4, 0.5) is 0 Å². The zero-order valence-electron chi connectivity index (χ0n) is 14.2. The molecule has 0 aliphatic heterocycles. The summed E-state index contributed by atoms with van der Waals surface area (Å²) in [5, 5.41) is 4.08. The van der Waals surface area contributed by atoms with Gasteiger partial charge in [-0.3, -0.25) is 9.97 Å². The maximum Gasteiger partial charge on any atom is 0.259 e. The number of aryl methyl sites for hydroxylation is 2. The normalized spacial score (nSPS) is 10.8. The highest BCUT2D eigenvalue weighted by Gasteiger charge is 2.10. The maximum atomic E-state index is 5.39. The van der Waals surface area contributed by atoms with Crippen molar-refractivity contribution in [1.82, 2.24) is 20.1 Å². The van der Waals surface area contributed by atoms with Crippen LogP contribution in [-0.2, 0) is 12.8 Å². The molecule has 1 aromatic carbocycles. The largest absolute Gasteiger partial charge is 0.334 e. The van der Waals surface area contributed by atoms with Crippen molar-refractivity contribution >= 4 is 0 Å². The fourth-order valence-corrected chi connectivity index (χ4v) is 2.77. The van der Waals surface area contributed by atoms with Gasteiger partial charge in [0.15, 0.2) is 5.82 Å². The first kappa shape index (κ1) is 16.1. The maximum absolute atomic E-state index is 5.39. The predicted octanol–water partition coefficient (Wildman–Crippen LogP) is 4.37. The van der Waals surface area contributed by atoms with Crippen molar-refractivity contribution in [2.24, 2.45) is 0 Å². The van der Waals surface area contributed by atoms with E-state index in [4.69, 9.17) is 4.52 Å². The average molecular weight is 342 g/mol. The average Bonchev–Trinajstić information content (AvgIpc) is 3.19. The minimum atomic E-state index is 0.505. The standard InChI is InChI=1S/C21H18N4O/c1-2-6-16(7-3-1)8-4-10-20-24-21(26-25-20)18-11-12-19(23-15-18)17-9-5-13-22-14-17/h1-3,5-7,9,11-15H,4,8,10H2. The molecular weight excluding hydrogens is 324 g/mol. The minimum absolute atomic E-state index is 0.505. The monoisotopic (exact) mass is 342 g/mol. The lowest BCUT2D eigenvalue weighted by Gasteiger charge is -2.00. The Morgan fingerprint density at radius 3 is 2.50 bits per heavy atom. The van der Waals surface area contributed by atoms with Gasteiger partial charge in [-0.1, -0.05) is 35.5 Å². The van der Waals surface area contributed by atoms with E-state index in [0.29, 0.717) is 5.89 Å². The Balaban J connectivity index is 1.39. The molecule has 3 heterocycles. The van der Waals surface area contributed by atoms with Crippen LogP contribution in [0.5, 0.6) is 0 Å². The van der Waals surface area contributed by atoms with E-state index in [-0.39, 0.29) is 0 Å². The van der Waals surface area contributed by atoms with Gasteiger partial charge < -0.3 is 4.52 Å². The first-order valence-corrected chi connectivity index (χ1v) is 8.62. The van der Waals surface area contributed by atoms with Crippen LogP contribution in [0.1, 0.15) is 17.8 Å². The van der Waals surface area contributed by atoms with Crippen molar-refractivity contribution in [2.75, 3.05) is 0 Å². The molecule has 128 valence electrons. The molecule has 0 fully saturated rings. The SMILES string of the molecule is c1ccc(CCCc2noc(-c3ccc(-c4cccnc4)nc3)n2)cc1. The Morgan fingerprint density at radius 2 is 1.73 bits per heavy atom. The van der Waals surface area contributed by atoms with Crippen molar-refractivity contribution in [3.05, 3.63) is 84.6 Å². The summed E-state index contributed by atoms with van der Waals surface area (Å²) >= 11 is 0. The molecule has 0 saturated carbocycles. The van der Waals surface area contributed by atoms with Crippen LogP contribution in [0.15, 0.2) is 77.7 Å². The van der Waals surface area contributed by atoms with E-state index in [2.05, 4.69) is 44.4 Å². The van der Waals surface area contributed by atoms with Crippen LogP contribution in [0.2, 0.25) is 0 Å². The Labute approximate surface area is 151 Å². The van der Waals surface area contributed by atoms with E-state index >= 15 is 0 Å². The van der Waals surface area contributed by atoms with E-state index in [1.165, 1.54) is 5.56 Å². The topological polar surface area (TPSA) is 64.7 Å². The molecule has 0 spiro atoms. The van der Waals surface area contributed by atoms with E-state index in [1.54, 1.807) is 18.6 Å². The summed E-state index contributed by atoms with van der Waals surface area (Å²) in [6.45, 7) is 0. The molecular formula is C21H18N4O. The summed E-state index contributed by atoms with van der Waals surface area (Å²) < 4.78 is 5.39. The van der Waals surface area contributed by atoms with Crippen molar-refractivity contribution in [3.8, 4) is 22.7 Å². The molecule has 0 radical (unpaired) electrons. The highest BCUT2D eigenvalue weighted by atomic mass is 16.5. The lowest BCUT2D eigenvalue weighted by molar-refractivity contribution is 0.421. The number of pyridine rings is 2. The lowest BCUT2D eigenvalue weighted by Crippen LogP contribution is -1.92. The summed E-state index contributed by atoms with van der Waals surface area (Å²) in [7, 11) is 0. The molecule has 0 amide bonds. The van der Waals surface area contributed by atoms with Gasteiger partial charge in [-0.15, -0.1) is 0 Å². The fraction of sp³-hybridized carbons (Fsp3) is 0.143. The highest BCUT2D eigenvalue weighted by Crippen LogP contribution is 2.21. The van der Waals surface area contributed by atoms with Gasteiger partial charge in [0.1, 0.15) is 0 Å². The van der Waals surface area contributed by atoms with Crippen molar-refractivity contribution in [2.45, 2.75) is 19.3 Å². The number of nitrogens with zero attached hydrogens (tertiary/aromatic N) is 4. The van der Waals surface area contributed by atoms with Gasteiger partial charge in [-0.05, 0) is 42.7 Å². The molecule has 0 aliphatic carbocycles. The fourth-order valence-electron chi connectivity index (χ4n) is 2.77. The Kier molecular flexibility index (Phi) is 4.78. The van der Waals surface area contributed by atoms with Crippen LogP contribution >= 0.6 is 0 Å². The molecule has 4 aromatic rings. The first-order chi connectivity index (χ1) is 12.9. The van der Waals surface area contributed by atoms with Crippen molar-refractivity contribution in [3.63, 3.8) is 0 Å². The third-order valence-corrected chi connectivity index (χ3v) is 4.14. The Morgan fingerprint density at radius 1 is 0.808 bits per heavy atom. The van der Waals surface area contributed by atoms with Crippen LogP contribution in [0.3, 0.4) is 0 Å². The second-order valence-electron chi connectivity index (χ2n) is 6.03. The second kappa shape index (κ2) is 7.70. The van der Waals surface area contributed by atoms with Gasteiger partial charge >= 0.3 is 0 Å². The third-order valence-electron chi connectivity index (χ3n) is 4.14. The first-order valence-electron chi connectivity index (χ1n) is 8.62. The molecule has 5 nitrogen and oxygen atoms in total. The van der Waals surface area contributed by atoms with Gasteiger partial charge in [-0.25, -0.2) is 0 Å². The molecule has 4 rings (SSSR count). The summed E-state index contributed by atoms with van der Waals surface area (Å²) in [4.78, 5) is 13.1. The molecule has 0 atom stereocenters. The molecule has 3 aromatic heterocycles. The van der Waals surface area contributed by atoms with Crippen LogP contribution in [0.25, 0.3) is 22.7 Å². The molecule has 0 N–H and O–H groups in total. The number of benzene rings is 1. The van der Waals surface area contributed by atoms with E-state index < -0.39 is 0 Å². The second-order valence-corrected chi connectivity index (χ2v) is 6.03. The molecule has 0 aliphatic rings. The van der Waals surface area contributed by atoms with Crippen LogP contribution < -0.4 is 0 Å². The number of hydrogen-bond donors (Lipinski definition) is 0. The predicted molar refractivity (Wildman–Crippen MR) is 99.2 cm³/mol. The zero-order chi connectivity index (χ0) is 17.6. The minimum Gasteiger partial charge on any atom is -0.334 e. The summed E-state index contributed by atoms with van der Waals surface area (Å²) in [6.07, 6.45) is 8.08. The van der Waals surface area contributed by atoms with Crippen LogP contribution in [0, 0.1) is 0 Å². The molecule has 0 bridgehead atoms. The number of hydrogen-bond acceptors (Lipinski definition) is 5. The van der Waals surface area contributed by atoms with Gasteiger partial charge in [0.25, 0.3) is 5.89 Å². The quantitative estimate of drug-likeness (QED) is 0.520. The highest BCUT2D eigenvalue weighted by molar-refractivity contribution is 5.61. The van der Waals surface area contributed by atoms with Gasteiger partial charge in [0.05, 0.1) is 11.3 Å². The van der Waals surface area contributed by atoms with Crippen LogP contribution in [-0.4, -0.2) is 20.1 Å². The van der Waals surface area contributed by atoms with E-state index in [0.717, 1.165) is 41.9 Å². The van der Waals surface area contributed by atoms with Crippen molar-refractivity contribution in [1.29, 1.82) is 0 Å². The Bertz CT molecular complexity index is 950. The lowest BCUT2D eigenvalue weighted by atomic mass is 10.1. The molecule has 5 heteroatoms. The number of aromatic nitrogens is 4. The van der Waals surface area contributed by atoms with E-state index in [1.807, 2.05) is 30.3 Å². The zero-order valence-corrected chi connectivity index (χ0v) is 14.2. The molecule has 0 unspecified atom stereocenters. The summed E-state index contributed by atoms with van der Waals surface area (Å²) in [5.41, 5.74) is 3.99. The number of rotatable bonds is 6. The smallest absolute Gasteiger partial charge is 0.259 e. The van der Waals surface area contributed by atoms with Crippen molar-refractivity contribution < 1.29 is 4.52 Å². The van der Waals surface area contributed by atoms with E-state index in [9.17, 15) is 0 Å². The summed E-state index contributed by atoms with van der Waals surface area (Å²) in [6, 6.07) is 18.2. The summed E-state index contributed by atoms with van der Waals surface area (Å²) in [5.74, 6) is 1.23. The third kappa shape index (κ3) is 3.83. The molecule has 26 heavy (non-hydrogen) atoms.